The van der Waals surface area contributed by atoms with Crippen LogP contribution >= 0.6 is 11.8 Å². The fourth-order valence-electron chi connectivity index (χ4n) is 0.920. The minimum absolute atomic E-state index is 0.525. The molecule has 0 aromatic heterocycles. The first-order valence-corrected chi connectivity index (χ1v) is 5.19. The van der Waals surface area contributed by atoms with Crippen LogP contribution in [0.5, 0.6) is 0 Å². The summed E-state index contributed by atoms with van der Waals surface area (Å²) >= 11 is 1.88. The quantitative estimate of drug-likeness (QED) is 0.457. The van der Waals surface area contributed by atoms with Gasteiger partial charge in [-0.05, 0) is 24.9 Å². The van der Waals surface area contributed by atoms with E-state index in [1.807, 2.05) is 11.8 Å². The number of nitrogens with two attached hydrogens (primary N) is 1. The molecule has 0 saturated heterocycles. The SMILES string of the molecule is CCCC(CCSC)NN. The Kier molecular flexibility index (Phi) is 7.58. The van der Waals surface area contributed by atoms with Crippen molar-refractivity contribution in [3.8, 4) is 0 Å². The molecule has 10 heavy (non-hydrogen) atoms. The van der Waals surface area contributed by atoms with Gasteiger partial charge in [-0.1, -0.05) is 13.3 Å². The van der Waals surface area contributed by atoms with E-state index in [4.69, 9.17) is 5.84 Å². The van der Waals surface area contributed by atoms with Crippen LogP contribution < -0.4 is 11.3 Å². The van der Waals surface area contributed by atoms with E-state index in [-0.39, 0.29) is 0 Å². The maximum absolute atomic E-state index is 5.34. The van der Waals surface area contributed by atoms with Crippen molar-refractivity contribution in [1.82, 2.24) is 5.43 Å². The van der Waals surface area contributed by atoms with Gasteiger partial charge in [0, 0.05) is 6.04 Å². The topological polar surface area (TPSA) is 38.0 Å². The van der Waals surface area contributed by atoms with Crippen LogP contribution in [-0.4, -0.2) is 18.1 Å². The molecule has 0 bridgehead atoms. The highest BCUT2D eigenvalue weighted by atomic mass is 32.2. The predicted molar refractivity (Wildman–Crippen MR) is 49.0 cm³/mol. The van der Waals surface area contributed by atoms with Crippen LogP contribution in [0.25, 0.3) is 0 Å². The second-order valence-electron chi connectivity index (χ2n) is 2.43. The molecule has 3 N–H and O–H groups in total. The molecule has 0 aliphatic heterocycles. The summed E-state index contributed by atoms with van der Waals surface area (Å²) < 4.78 is 0. The first kappa shape index (κ1) is 10.3. The molecule has 0 saturated carbocycles. The molecular formula is C7H18N2S. The molecule has 2 nitrogen and oxygen atoms in total. The molecule has 0 aliphatic carbocycles. The highest BCUT2D eigenvalue weighted by Crippen LogP contribution is 2.04. The number of hydrogen-bond acceptors (Lipinski definition) is 3. The first-order chi connectivity index (χ1) is 4.85. The Morgan fingerprint density at radius 1 is 1.50 bits per heavy atom. The number of rotatable bonds is 6. The van der Waals surface area contributed by atoms with Gasteiger partial charge in [-0.25, -0.2) is 0 Å². The Labute approximate surface area is 67.9 Å². The smallest absolute Gasteiger partial charge is 0.0218 e. The molecule has 0 heterocycles. The van der Waals surface area contributed by atoms with E-state index in [9.17, 15) is 0 Å². The Morgan fingerprint density at radius 2 is 2.20 bits per heavy atom. The third-order valence-corrected chi connectivity index (χ3v) is 2.19. The van der Waals surface area contributed by atoms with Crippen molar-refractivity contribution in [1.29, 1.82) is 0 Å². The van der Waals surface area contributed by atoms with Gasteiger partial charge in [0.25, 0.3) is 0 Å². The molecule has 0 aromatic rings. The first-order valence-electron chi connectivity index (χ1n) is 3.80. The zero-order chi connectivity index (χ0) is 7.82. The largest absolute Gasteiger partial charge is 0.271 e. The second kappa shape index (κ2) is 7.38. The molecule has 0 spiro atoms. The minimum Gasteiger partial charge on any atom is -0.271 e. The van der Waals surface area contributed by atoms with Gasteiger partial charge in [0.05, 0.1) is 0 Å². The van der Waals surface area contributed by atoms with Crippen molar-refractivity contribution in [3.63, 3.8) is 0 Å². The summed E-state index contributed by atoms with van der Waals surface area (Å²) in [6, 6.07) is 0.525. The lowest BCUT2D eigenvalue weighted by Crippen LogP contribution is -2.35. The lowest BCUT2D eigenvalue weighted by atomic mass is 10.1. The summed E-state index contributed by atoms with van der Waals surface area (Å²) in [6.07, 6.45) is 5.71. The van der Waals surface area contributed by atoms with Crippen LogP contribution in [0, 0.1) is 0 Å². The van der Waals surface area contributed by atoms with Crippen molar-refractivity contribution >= 4 is 11.8 Å². The maximum atomic E-state index is 5.34. The summed E-state index contributed by atoms with van der Waals surface area (Å²) in [5.74, 6) is 6.54. The van der Waals surface area contributed by atoms with Gasteiger partial charge in [-0.15, -0.1) is 0 Å². The van der Waals surface area contributed by atoms with Crippen molar-refractivity contribution in [2.75, 3.05) is 12.0 Å². The summed E-state index contributed by atoms with van der Waals surface area (Å²) in [6.45, 7) is 2.18. The molecule has 3 heteroatoms. The standard InChI is InChI=1S/C7H18N2S/c1-3-4-7(9-8)5-6-10-2/h7,9H,3-6,8H2,1-2H3. The van der Waals surface area contributed by atoms with Gasteiger partial charge in [0.2, 0.25) is 0 Å². The van der Waals surface area contributed by atoms with Gasteiger partial charge < -0.3 is 0 Å². The monoisotopic (exact) mass is 162 g/mol. The zero-order valence-corrected chi connectivity index (χ0v) is 7.71. The maximum Gasteiger partial charge on any atom is 0.0218 e. The van der Waals surface area contributed by atoms with Crippen LogP contribution in [0.4, 0.5) is 0 Å². The highest BCUT2D eigenvalue weighted by Gasteiger charge is 2.02. The molecule has 0 amide bonds. The van der Waals surface area contributed by atoms with Gasteiger partial charge in [-0.3, -0.25) is 11.3 Å². The Bertz CT molecular complexity index is 68.6. The van der Waals surface area contributed by atoms with Crippen molar-refractivity contribution in [2.24, 2.45) is 5.84 Å². The molecule has 0 fully saturated rings. The van der Waals surface area contributed by atoms with Crippen LogP contribution in [0.15, 0.2) is 0 Å². The van der Waals surface area contributed by atoms with E-state index >= 15 is 0 Å². The molecule has 0 rings (SSSR count). The molecule has 62 valence electrons. The normalized spacial score (nSPS) is 13.5. The number of nitrogens with one attached hydrogen (secondary N) is 1. The Balaban J connectivity index is 3.21. The van der Waals surface area contributed by atoms with E-state index in [1.165, 1.54) is 25.0 Å². The fraction of sp³-hybridized carbons (Fsp3) is 1.00. The van der Waals surface area contributed by atoms with Gasteiger partial charge >= 0.3 is 0 Å². The van der Waals surface area contributed by atoms with Crippen molar-refractivity contribution in [2.45, 2.75) is 32.2 Å². The van der Waals surface area contributed by atoms with Gasteiger partial charge in [0.15, 0.2) is 0 Å². The van der Waals surface area contributed by atoms with Crippen LogP contribution in [0.2, 0.25) is 0 Å². The lowest BCUT2D eigenvalue weighted by Gasteiger charge is -2.12. The third-order valence-electron chi connectivity index (χ3n) is 1.54. The zero-order valence-electron chi connectivity index (χ0n) is 6.89. The van der Waals surface area contributed by atoms with E-state index < -0.39 is 0 Å². The van der Waals surface area contributed by atoms with Gasteiger partial charge in [0.1, 0.15) is 0 Å². The average Bonchev–Trinajstić information content (AvgIpc) is 1.98. The van der Waals surface area contributed by atoms with Crippen LogP contribution in [0.3, 0.4) is 0 Å². The Morgan fingerprint density at radius 3 is 2.60 bits per heavy atom. The predicted octanol–water partition coefficient (Wildman–Crippen LogP) is 1.37. The second-order valence-corrected chi connectivity index (χ2v) is 3.42. The molecule has 0 aliphatic rings. The van der Waals surface area contributed by atoms with E-state index in [2.05, 4.69) is 18.6 Å². The summed E-state index contributed by atoms with van der Waals surface area (Å²) in [7, 11) is 0. The fourth-order valence-corrected chi connectivity index (χ4v) is 1.44. The van der Waals surface area contributed by atoms with Gasteiger partial charge in [-0.2, -0.15) is 11.8 Å². The van der Waals surface area contributed by atoms with E-state index in [0.29, 0.717) is 6.04 Å². The van der Waals surface area contributed by atoms with E-state index in [1.54, 1.807) is 0 Å². The average molecular weight is 162 g/mol. The van der Waals surface area contributed by atoms with Crippen LogP contribution in [0.1, 0.15) is 26.2 Å². The third kappa shape index (κ3) is 5.09. The Hall–Kier alpha value is 0.270. The molecule has 1 unspecified atom stereocenters. The lowest BCUT2D eigenvalue weighted by molar-refractivity contribution is 0.479. The highest BCUT2D eigenvalue weighted by molar-refractivity contribution is 7.98. The minimum atomic E-state index is 0.525. The van der Waals surface area contributed by atoms with Crippen LogP contribution in [-0.2, 0) is 0 Å². The molecule has 1 atom stereocenters. The molecule has 0 radical (unpaired) electrons. The molecular weight excluding hydrogens is 144 g/mol. The summed E-state index contributed by atoms with van der Waals surface area (Å²) in [5, 5.41) is 0. The van der Waals surface area contributed by atoms with Crippen molar-refractivity contribution < 1.29 is 0 Å². The van der Waals surface area contributed by atoms with E-state index in [0.717, 1.165) is 0 Å². The number of thioether (sulfide) groups is 1. The summed E-state index contributed by atoms with van der Waals surface area (Å²) in [5.41, 5.74) is 2.82. The molecule has 0 aromatic carbocycles. The number of hydrazine groups is 1. The van der Waals surface area contributed by atoms with Crippen molar-refractivity contribution in [3.05, 3.63) is 0 Å². The number of hydrogen-bond donors (Lipinski definition) is 2. The summed E-state index contributed by atoms with van der Waals surface area (Å²) in [4.78, 5) is 0.